The van der Waals surface area contributed by atoms with E-state index >= 15 is 0 Å². The Morgan fingerprint density at radius 1 is 1.05 bits per heavy atom. The van der Waals surface area contributed by atoms with Gasteiger partial charge in [0, 0.05) is 0 Å². The molecule has 8 heteroatoms. The van der Waals surface area contributed by atoms with Gasteiger partial charge in [-0.25, -0.2) is 8.42 Å². The first-order valence-corrected chi connectivity index (χ1v) is 8.08. The van der Waals surface area contributed by atoms with Gasteiger partial charge in [-0.3, -0.25) is 0 Å². The van der Waals surface area contributed by atoms with Gasteiger partial charge in [0.2, 0.25) is 0 Å². The maximum Gasteiger partial charge on any atom is 1.00 e. The molecule has 0 bridgehead atoms. The van der Waals surface area contributed by atoms with Crippen LogP contribution >= 0.6 is 23.6 Å². The molecule has 0 N–H and O–H groups in total. The van der Waals surface area contributed by atoms with E-state index in [0.717, 1.165) is 10.4 Å². The van der Waals surface area contributed by atoms with Crippen molar-refractivity contribution in [3.8, 4) is 0 Å². The fourth-order valence-electron chi connectivity index (χ4n) is 3.86. The Morgan fingerprint density at radius 3 is 1.68 bits per heavy atom. The molecule has 0 saturated heterocycles. The predicted molar refractivity (Wildman–Crippen MR) is 72.3 cm³/mol. The number of nitrogens with zero attached hydrogens (tertiary/aromatic N) is 1. The molecular formula is C11H20Cl2NNaO3S. The van der Waals surface area contributed by atoms with Crippen LogP contribution in [-0.2, 0) is 10.1 Å². The third-order valence-electron chi connectivity index (χ3n) is 3.38. The van der Waals surface area contributed by atoms with E-state index in [1.807, 2.05) is 27.7 Å². The minimum atomic E-state index is -4.39. The van der Waals surface area contributed by atoms with Crippen LogP contribution in [0.5, 0.6) is 0 Å². The Bertz CT molecular complexity index is 408. The van der Waals surface area contributed by atoms with Crippen LogP contribution in [0.4, 0.5) is 0 Å². The molecule has 0 radical (unpaired) electrons. The van der Waals surface area contributed by atoms with Crippen molar-refractivity contribution in [2.45, 2.75) is 52.5 Å². The molecule has 0 aromatic rings. The van der Waals surface area contributed by atoms with E-state index < -0.39 is 21.4 Å². The van der Waals surface area contributed by atoms with Gasteiger partial charge in [-0.1, -0.05) is 27.7 Å². The molecule has 1 saturated carbocycles. The summed E-state index contributed by atoms with van der Waals surface area (Å²) in [4.78, 5) is 0. The van der Waals surface area contributed by atoms with Gasteiger partial charge in [0.1, 0.15) is 0 Å². The van der Waals surface area contributed by atoms with E-state index in [0.29, 0.717) is 12.8 Å². The van der Waals surface area contributed by atoms with Crippen LogP contribution in [0.15, 0.2) is 0 Å². The van der Waals surface area contributed by atoms with Crippen LogP contribution in [0.1, 0.15) is 47.0 Å². The summed E-state index contributed by atoms with van der Waals surface area (Å²) in [6, 6.07) is 0. The average Bonchev–Trinajstić information content (AvgIpc) is 1.91. The summed E-state index contributed by atoms with van der Waals surface area (Å²) in [7, 11) is -4.39. The Morgan fingerprint density at radius 2 is 1.42 bits per heavy atom. The van der Waals surface area contributed by atoms with Crippen LogP contribution in [0, 0.1) is 10.8 Å². The summed E-state index contributed by atoms with van der Waals surface area (Å²) in [6.07, 6.45) is 1.90. The second-order valence-electron chi connectivity index (χ2n) is 7.02. The third kappa shape index (κ3) is 5.99. The maximum atomic E-state index is 11.1. The summed E-state index contributed by atoms with van der Waals surface area (Å²) in [5.74, 6) is -0.556. The molecule has 4 nitrogen and oxygen atoms in total. The van der Waals surface area contributed by atoms with Gasteiger partial charge >= 0.3 is 29.6 Å². The van der Waals surface area contributed by atoms with Gasteiger partial charge in [0.25, 0.3) is 0 Å². The van der Waals surface area contributed by atoms with Crippen molar-refractivity contribution in [3.05, 3.63) is 0 Å². The molecule has 0 unspecified atom stereocenters. The van der Waals surface area contributed by atoms with E-state index in [-0.39, 0.29) is 40.4 Å². The molecule has 108 valence electrons. The van der Waals surface area contributed by atoms with E-state index in [2.05, 4.69) is 0 Å². The van der Waals surface area contributed by atoms with Crippen molar-refractivity contribution in [2.75, 3.05) is 5.75 Å². The molecule has 0 aromatic heterocycles. The standard InChI is InChI=1S/C11H21Cl2NO3S.Na/c1-9(2)5-10(3,4)7-11(6-9,14(12)13)8-18(15,16)17;/h5-8H2,1-4H3,(H,15,16,17);/q;+1/p-1. The zero-order chi connectivity index (χ0) is 14.4. The normalized spacial score (nSPS) is 24.8. The van der Waals surface area contributed by atoms with Gasteiger partial charge in [-0.05, 0) is 53.6 Å². The van der Waals surface area contributed by atoms with Gasteiger partial charge in [0.05, 0.1) is 21.4 Å². The molecule has 1 aliphatic rings. The van der Waals surface area contributed by atoms with E-state index in [1.54, 1.807) is 0 Å². The molecule has 0 heterocycles. The van der Waals surface area contributed by atoms with Crippen molar-refractivity contribution < 1.29 is 42.5 Å². The fourth-order valence-corrected chi connectivity index (χ4v) is 5.36. The monoisotopic (exact) mass is 339 g/mol. The molecular weight excluding hydrogens is 320 g/mol. The summed E-state index contributed by atoms with van der Waals surface area (Å²) >= 11 is 11.7. The molecule has 1 fully saturated rings. The van der Waals surface area contributed by atoms with Crippen molar-refractivity contribution >= 4 is 33.7 Å². The van der Waals surface area contributed by atoms with Gasteiger partial charge in [0.15, 0.2) is 0 Å². The van der Waals surface area contributed by atoms with E-state index in [1.165, 1.54) is 0 Å². The van der Waals surface area contributed by atoms with Crippen molar-refractivity contribution in [3.63, 3.8) is 0 Å². The van der Waals surface area contributed by atoms with Crippen LogP contribution < -0.4 is 29.6 Å². The number of hydrogen-bond donors (Lipinski definition) is 0. The largest absolute Gasteiger partial charge is 1.00 e. The molecule has 0 aromatic carbocycles. The Hall–Kier alpha value is 1.45. The minimum absolute atomic E-state index is 0. The van der Waals surface area contributed by atoms with Crippen LogP contribution in [0.25, 0.3) is 0 Å². The number of rotatable bonds is 3. The summed E-state index contributed by atoms with van der Waals surface area (Å²) in [5, 5.41) is 0. The quantitative estimate of drug-likeness (QED) is 0.416. The SMILES string of the molecule is CC1(C)CC(C)(C)CC(CS(=O)(=O)[O-])(N(Cl)Cl)C1.[Na+]. The van der Waals surface area contributed by atoms with Gasteiger partial charge in [-0.2, -0.15) is 0 Å². The molecule has 1 rings (SSSR count). The molecule has 0 aliphatic heterocycles. The van der Waals surface area contributed by atoms with Crippen molar-refractivity contribution in [1.29, 1.82) is 0 Å². The topological polar surface area (TPSA) is 60.4 Å². The zero-order valence-corrected chi connectivity index (χ0v) is 16.5. The van der Waals surface area contributed by atoms with Crippen LogP contribution in [0.3, 0.4) is 0 Å². The first-order valence-electron chi connectivity index (χ1n) is 5.83. The number of halogens is 2. The first kappa shape index (κ1) is 20.5. The molecule has 0 atom stereocenters. The Labute approximate surface area is 148 Å². The first-order chi connectivity index (χ1) is 7.77. The van der Waals surface area contributed by atoms with Gasteiger partial charge in [-0.15, -0.1) is 3.94 Å². The van der Waals surface area contributed by atoms with E-state index in [4.69, 9.17) is 23.6 Å². The zero-order valence-electron chi connectivity index (χ0n) is 12.2. The Kier molecular flexibility index (Phi) is 6.77. The predicted octanol–water partition coefficient (Wildman–Crippen LogP) is 0.120. The van der Waals surface area contributed by atoms with Crippen LogP contribution in [-0.4, -0.2) is 28.2 Å². The van der Waals surface area contributed by atoms with E-state index in [9.17, 15) is 13.0 Å². The van der Waals surface area contributed by atoms with Crippen molar-refractivity contribution in [2.24, 2.45) is 10.8 Å². The second-order valence-corrected chi connectivity index (χ2v) is 9.27. The molecule has 19 heavy (non-hydrogen) atoms. The smallest absolute Gasteiger partial charge is 0.748 e. The van der Waals surface area contributed by atoms with Crippen molar-refractivity contribution in [1.82, 2.24) is 3.94 Å². The fraction of sp³-hybridized carbons (Fsp3) is 1.00. The molecule has 0 spiro atoms. The Balaban J connectivity index is 0.00000324. The summed E-state index contributed by atoms with van der Waals surface area (Å²) < 4.78 is 34.3. The third-order valence-corrected chi connectivity index (χ3v) is 4.98. The second kappa shape index (κ2) is 6.29. The summed E-state index contributed by atoms with van der Waals surface area (Å²) in [6.45, 7) is 8.16. The number of hydrogen-bond acceptors (Lipinski definition) is 4. The minimum Gasteiger partial charge on any atom is -0.748 e. The summed E-state index contributed by atoms with van der Waals surface area (Å²) in [5.41, 5.74) is -1.24. The average molecular weight is 340 g/mol. The molecule has 1 aliphatic carbocycles. The molecule has 0 amide bonds. The maximum absolute atomic E-state index is 11.1. The van der Waals surface area contributed by atoms with Crippen LogP contribution in [0.2, 0.25) is 0 Å². The van der Waals surface area contributed by atoms with Gasteiger partial charge < -0.3 is 4.55 Å².